The Bertz CT molecular complexity index is 604. The number of carbonyl (C=O) groups is 1. The van der Waals surface area contributed by atoms with Crippen LogP contribution >= 0.6 is 0 Å². The Kier molecular flexibility index (Phi) is 2.51. The lowest BCUT2D eigenvalue weighted by Gasteiger charge is -2.05. The predicted molar refractivity (Wildman–Crippen MR) is 66.8 cm³/mol. The molecule has 0 saturated heterocycles. The first-order valence-corrected chi connectivity index (χ1v) is 5.78. The van der Waals surface area contributed by atoms with E-state index >= 15 is 0 Å². The number of nitrogens with one attached hydrogen (secondary N) is 1. The average Bonchev–Trinajstić information content (AvgIpc) is 2.96. The van der Waals surface area contributed by atoms with E-state index in [9.17, 15) is 4.79 Å². The summed E-state index contributed by atoms with van der Waals surface area (Å²) in [4.78, 5) is 11.9. The van der Waals surface area contributed by atoms with E-state index in [2.05, 4.69) is 10.4 Å². The molecule has 1 aromatic heterocycles. The van der Waals surface area contributed by atoms with Crippen molar-refractivity contribution in [3.8, 4) is 5.75 Å². The molecule has 2 heterocycles. The molecule has 0 unspecified atom stereocenters. The highest BCUT2D eigenvalue weighted by Crippen LogP contribution is 2.27. The number of aryl methyl sites for hydroxylation is 1. The third-order valence-corrected chi connectivity index (χ3v) is 2.91. The van der Waals surface area contributed by atoms with Gasteiger partial charge in [-0.1, -0.05) is 0 Å². The lowest BCUT2D eigenvalue weighted by atomic mass is 10.1. The maximum absolute atomic E-state index is 11.9. The zero-order chi connectivity index (χ0) is 12.5. The van der Waals surface area contributed by atoms with Crippen molar-refractivity contribution in [2.45, 2.75) is 6.42 Å². The molecular formula is C13H13N3O2. The number of fused-ring (bicyclic) bond motifs is 1. The summed E-state index contributed by atoms with van der Waals surface area (Å²) >= 11 is 0. The molecule has 3 rings (SSSR count). The first-order chi connectivity index (χ1) is 8.72. The van der Waals surface area contributed by atoms with Crippen LogP contribution in [0.5, 0.6) is 5.75 Å². The minimum atomic E-state index is -0.151. The summed E-state index contributed by atoms with van der Waals surface area (Å²) < 4.78 is 7.02. The maximum Gasteiger partial charge on any atom is 0.258 e. The summed E-state index contributed by atoms with van der Waals surface area (Å²) in [6.45, 7) is 0.718. The van der Waals surface area contributed by atoms with Gasteiger partial charge in [-0.25, -0.2) is 0 Å². The minimum absolute atomic E-state index is 0.151. The topological polar surface area (TPSA) is 56.2 Å². The van der Waals surface area contributed by atoms with Gasteiger partial charge in [0.2, 0.25) is 0 Å². The van der Waals surface area contributed by atoms with Crippen molar-refractivity contribution in [3.63, 3.8) is 0 Å². The van der Waals surface area contributed by atoms with E-state index in [-0.39, 0.29) is 5.91 Å². The molecule has 0 fully saturated rings. The quantitative estimate of drug-likeness (QED) is 0.871. The Morgan fingerprint density at radius 2 is 2.39 bits per heavy atom. The molecule has 1 aromatic carbocycles. The summed E-state index contributed by atoms with van der Waals surface area (Å²) in [6.07, 6.45) is 4.13. The Morgan fingerprint density at radius 3 is 3.17 bits per heavy atom. The van der Waals surface area contributed by atoms with Crippen LogP contribution in [0.15, 0.2) is 30.6 Å². The lowest BCUT2D eigenvalue weighted by molar-refractivity contribution is 0.102. The molecule has 0 spiro atoms. The number of carbonyl (C=O) groups excluding carboxylic acids is 1. The second-order valence-electron chi connectivity index (χ2n) is 4.28. The molecule has 1 amide bonds. The number of anilines is 1. The van der Waals surface area contributed by atoms with Gasteiger partial charge in [-0.3, -0.25) is 9.48 Å². The van der Waals surface area contributed by atoms with Crippen molar-refractivity contribution in [1.29, 1.82) is 0 Å². The lowest BCUT2D eigenvalue weighted by Crippen LogP contribution is -2.11. The molecule has 18 heavy (non-hydrogen) atoms. The predicted octanol–water partition coefficient (Wildman–Crippen LogP) is 1.61. The van der Waals surface area contributed by atoms with E-state index in [1.165, 1.54) is 0 Å². The molecule has 1 aliphatic heterocycles. The zero-order valence-electron chi connectivity index (χ0n) is 10.0. The van der Waals surface area contributed by atoms with Gasteiger partial charge in [0.05, 0.1) is 18.4 Å². The molecule has 2 aromatic rings. The second kappa shape index (κ2) is 4.18. The highest BCUT2D eigenvalue weighted by Gasteiger charge is 2.14. The molecule has 1 aliphatic rings. The molecule has 5 nitrogen and oxygen atoms in total. The molecule has 0 aliphatic carbocycles. The molecule has 1 N–H and O–H groups in total. The molecule has 0 bridgehead atoms. The normalized spacial score (nSPS) is 12.9. The van der Waals surface area contributed by atoms with Crippen molar-refractivity contribution in [1.82, 2.24) is 9.78 Å². The highest BCUT2D eigenvalue weighted by molar-refractivity contribution is 6.04. The first kappa shape index (κ1) is 10.8. The van der Waals surface area contributed by atoms with Crippen LogP contribution < -0.4 is 10.1 Å². The number of hydrogen-bond donors (Lipinski definition) is 1. The van der Waals surface area contributed by atoms with Gasteiger partial charge in [-0.2, -0.15) is 5.10 Å². The van der Waals surface area contributed by atoms with E-state index in [1.807, 2.05) is 18.2 Å². The van der Waals surface area contributed by atoms with Crippen molar-refractivity contribution in [2.75, 3.05) is 11.9 Å². The van der Waals surface area contributed by atoms with Gasteiger partial charge in [0.25, 0.3) is 5.91 Å². The Hall–Kier alpha value is -2.30. The maximum atomic E-state index is 11.9. The van der Waals surface area contributed by atoms with Crippen molar-refractivity contribution in [2.24, 2.45) is 7.05 Å². The molecule has 0 saturated carbocycles. The van der Waals surface area contributed by atoms with Crippen molar-refractivity contribution in [3.05, 3.63) is 41.7 Å². The van der Waals surface area contributed by atoms with Crippen molar-refractivity contribution < 1.29 is 9.53 Å². The second-order valence-corrected chi connectivity index (χ2v) is 4.28. The average molecular weight is 243 g/mol. The summed E-state index contributed by atoms with van der Waals surface area (Å²) in [5, 5.41) is 6.83. The number of ether oxygens (including phenoxy) is 1. The molecule has 5 heteroatoms. The number of benzene rings is 1. The van der Waals surface area contributed by atoms with E-state index in [4.69, 9.17) is 4.74 Å². The van der Waals surface area contributed by atoms with Crippen LogP contribution in [0.3, 0.4) is 0 Å². The molecular weight excluding hydrogens is 230 g/mol. The number of aromatic nitrogens is 2. The van der Waals surface area contributed by atoms with Crippen LogP contribution in [0.1, 0.15) is 15.9 Å². The monoisotopic (exact) mass is 243 g/mol. The zero-order valence-corrected chi connectivity index (χ0v) is 10.0. The van der Waals surface area contributed by atoms with Gasteiger partial charge in [-0.15, -0.1) is 0 Å². The number of nitrogens with zero attached hydrogens (tertiary/aromatic N) is 2. The van der Waals surface area contributed by atoms with E-state index in [0.29, 0.717) is 5.56 Å². The van der Waals surface area contributed by atoms with E-state index in [1.54, 1.807) is 24.1 Å². The Balaban J connectivity index is 1.78. The number of hydrogen-bond acceptors (Lipinski definition) is 3. The number of rotatable bonds is 2. The van der Waals surface area contributed by atoms with Gasteiger partial charge in [0.15, 0.2) is 0 Å². The third kappa shape index (κ3) is 1.95. The summed E-state index contributed by atoms with van der Waals surface area (Å²) in [7, 11) is 1.78. The van der Waals surface area contributed by atoms with Gasteiger partial charge in [-0.05, 0) is 23.8 Å². The number of amides is 1. The highest BCUT2D eigenvalue weighted by atomic mass is 16.5. The molecule has 92 valence electrons. The van der Waals surface area contributed by atoms with E-state index in [0.717, 1.165) is 30.0 Å². The fourth-order valence-electron chi connectivity index (χ4n) is 2.01. The van der Waals surface area contributed by atoms with Gasteiger partial charge in [0, 0.05) is 25.4 Å². The summed E-state index contributed by atoms with van der Waals surface area (Å²) in [5.41, 5.74) is 2.47. The van der Waals surface area contributed by atoms with Gasteiger partial charge >= 0.3 is 0 Å². The molecule has 0 radical (unpaired) electrons. The summed E-state index contributed by atoms with van der Waals surface area (Å²) in [6, 6.07) is 5.69. The minimum Gasteiger partial charge on any atom is -0.493 e. The fourth-order valence-corrected chi connectivity index (χ4v) is 2.01. The van der Waals surface area contributed by atoms with Crippen LogP contribution in [0.4, 0.5) is 5.69 Å². The standard InChI is InChI=1S/C13H13N3O2/c1-16-8-10(7-14-16)13(17)15-11-2-3-12-9(6-11)4-5-18-12/h2-3,6-8H,4-5H2,1H3,(H,15,17). The Labute approximate surface area is 104 Å². The van der Waals surface area contributed by atoms with Crippen LogP contribution in [0.25, 0.3) is 0 Å². The van der Waals surface area contributed by atoms with Crippen LogP contribution in [0, 0.1) is 0 Å². The fraction of sp³-hybridized carbons (Fsp3) is 0.231. The third-order valence-electron chi connectivity index (χ3n) is 2.91. The van der Waals surface area contributed by atoms with Gasteiger partial charge < -0.3 is 10.1 Å². The van der Waals surface area contributed by atoms with Crippen molar-refractivity contribution >= 4 is 11.6 Å². The van der Waals surface area contributed by atoms with E-state index < -0.39 is 0 Å². The smallest absolute Gasteiger partial charge is 0.258 e. The van der Waals surface area contributed by atoms with Crippen LogP contribution in [0.2, 0.25) is 0 Å². The van der Waals surface area contributed by atoms with Crippen LogP contribution in [-0.4, -0.2) is 22.3 Å². The Morgan fingerprint density at radius 1 is 1.50 bits per heavy atom. The molecule has 0 atom stereocenters. The summed E-state index contributed by atoms with van der Waals surface area (Å²) in [5.74, 6) is 0.761. The first-order valence-electron chi connectivity index (χ1n) is 5.78. The van der Waals surface area contributed by atoms with Gasteiger partial charge in [0.1, 0.15) is 5.75 Å². The SMILES string of the molecule is Cn1cc(C(=O)Nc2ccc3c(c2)CCO3)cn1. The largest absolute Gasteiger partial charge is 0.493 e. The van der Waals surface area contributed by atoms with Crippen LogP contribution in [-0.2, 0) is 13.5 Å².